The summed E-state index contributed by atoms with van der Waals surface area (Å²) in [6.45, 7) is 10.9. The van der Waals surface area contributed by atoms with Gasteiger partial charge in [-0.25, -0.2) is 0 Å². The highest BCUT2D eigenvalue weighted by Gasteiger charge is 2.34. The minimum atomic E-state index is 0.685. The van der Waals surface area contributed by atoms with Crippen molar-refractivity contribution in [1.82, 2.24) is 10.2 Å². The second-order valence-electron chi connectivity index (χ2n) is 7.42. The molecule has 0 unspecified atom stereocenters. The Labute approximate surface area is 129 Å². The van der Waals surface area contributed by atoms with E-state index in [4.69, 9.17) is 4.42 Å². The monoisotopic (exact) mass is 290 g/mol. The van der Waals surface area contributed by atoms with E-state index in [1.54, 1.807) is 0 Å². The first-order valence-corrected chi connectivity index (χ1v) is 8.64. The topological polar surface area (TPSA) is 28.4 Å². The highest BCUT2D eigenvalue weighted by atomic mass is 16.3. The molecule has 2 fully saturated rings. The van der Waals surface area contributed by atoms with Gasteiger partial charge in [0.15, 0.2) is 0 Å². The molecule has 3 nitrogen and oxygen atoms in total. The molecule has 1 aromatic rings. The quantitative estimate of drug-likeness (QED) is 0.751. The second-order valence-corrected chi connectivity index (χ2v) is 7.42. The molecule has 1 heterocycles. The van der Waals surface area contributed by atoms with E-state index in [0.717, 1.165) is 43.1 Å². The largest absolute Gasteiger partial charge is 0.465 e. The molecule has 2 aliphatic rings. The van der Waals surface area contributed by atoms with Crippen LogP contribution in [0.5, 0.6) is 0 Å². The SMILES string of the molecule is Cc1oc(CNCC(C)C)cc1CN(CC1CC1)C1CC1. The van der Waals surface area contributed by atoms with Crippen molar-refractivity contribution in [3.05, 3.63) is 23.2 Å². The molecule has 0 radical (unpaired) electrons. The third kappa shape index (κ3) is 4.58. The van der Waals surface area contributed by atoms with Crippen molar-refractivity contribution in [2.24, 2.45) is 11.8 Å². The van der Waals surface area contributed by atoms with Gasteiger partial charge in [-0.1, -0.05) is 13.8 Å². The normalized spacial score (nSPS) is 18.9. The molecule has 1 N–H and O–H groups in total. The molecular formula is C18H30N2O. The Balaban J connectivity index is 1.54. The third-order valence-corrected chi connectivity index (χ3v) is 4.55. The van der Waals surface area contributed by atoms with Gasteiger partial charge in [-0.15, -0.1) is 0 Å². The van der Waals surface area contributed by atoms with Crippen LogP contribution in [0, 0.1) is 18.8 Å². The van der Waals surface area contributed by atoms with Gasteiger partial charge >= 0.3 is 0 Å². The molecule has 3 heteroatoms. The molecule has 0 atom stereocenters. The van der Waals surface area contributed by atoms with Crippen LogP contribution in [0.2, 0.25) is 0 Å². The smallest absolute Gasteiger partial charge is 0.118 e. The van der Waals surface area contributed by atoms with Gasteiger partial charge in [0.1, 0.15) is 11.5 Å². The van der Waals surface area contributed by atoms with Crippen LogP contribution in [-0.2, 0) is 13.1 Å². The maximum absolute atomic E-state index is 5.93. The zero-order valence-electron chi connectivity index (χ0n) is 13.8. The van der Waals surface area contributed by atoms with E-state index in [9.17, 15) is 0 Å². The van der Waals surface area contributed by atoms with Crippen molar-refractivity contribution in [2.75, 3.05) is 13.1 Å². The molecule has 1 aromatic heterocycles. The van der Waals surface area contributed by atoms with Gasteiger partial charge in [0, 0.05) is 24.7 Å². The van der Waals surface area contributed by atoms with Crippen LogP contribution in [0.3, 0.4) is 0 Å². The molecule has 0 spiro atoms. The summed E-state index contributed by atoms with van der Waals surface area (Å²) in [6.07, 6.45) is 5.68. The number of rotatable bonds is 9. The van der Waals surface area contributed by atoms with E-state index >= 15 is 0 Å². The van der Waals surface area contributed by atoms with Crippen molar-refractivity contribution in [3.8, 4) is 0 Å². The lowest BCUT2D eigenvalue weighted by molar-refractivity contribution is 0.242. The lowest BCUT2D eigenvalue weighted by atomic mass is 10.2. The van der Waals surface area contributed by atoms with Crippen LogP contribution < -0.4 is 5.32 Å². The highest BCUT2D eigenvalue weighted by molar-refractivity contribution is 5.21. The van der Waals surface area contributed by atoms with Crippen LogP contribution >= 0.6 is 0 Å². The molecule has 21 heavy (non-hydrogen) atoms. The predicted molar refractivity (Wildman–Crippen MR) is 86.1 cm³/mol. The Hall–Kier alpha value is -0.800. The van der Waals surface area contributed by atoms with Gasteiger partial charge in [-0.2, -0.15) is 0 Å². The molecule has 118 valence electrons. The van der Waals surface area contributed by atoms with Crippen LogP contribution in [0.25, 0.3) is 0 Å². The van der Waals surface area contributed by atoms with Crippen molar-refractivity contribution >= 4 is 0 Å². The van der Waals surface area contributed by atoms with Gasteiger partial charge in [0.05, 0.1) is 6.54 Å². The zero-order valence-corrected chi connectivity index (χ0v) is 13.8. The molecule has 0 bridgehead atoms. The van der Waals surface area contributed by atoms with E-state index < -0.39 is 0 Å². The second kappa shape index (κ2) is 6.53. The summed E-state index contributed by atoms with van der Waals surface area (Å²) in [7, 11) is 0. The summed E-state index contributed by atoms with van der Waals surface area (Å²) in [5, 5.41) is 3.46. The van der Waals surface area contributed by atoms with Crippen molar-refractivity contribution in [2.45, 2.75) is 65.6 Å². The Bertz CT molecular complexity index is 458. The third-order valence-electron chi connectivity index (χ3n) is 4.55. The van der Waals surface area contributed by atoms with Crippen molar-refractivity contribution in [3.63, 3.8) is 0 Å². The molecule has 2 aliphatic carbocycles. The molecule has 0 saturated heterocycles. The molecule has 0 amide bonds. The van der Waals surface area contributed by atoms with Crippen LogP contribution in [0.15, 0.2) is 10.5 Å². The van der Waals surface area contributed by atoms with E-state index in [1.807, 2.05) is 0 Å². The first-order chi connectivity index (χ1) is 10.1. The molecule has 0 aromatic carbocycles. The summed E-state index contributed by atoms with van der Waals surface area (Å²) in [6, 6.07) is 3.12. The van der Waals surface area contributed by atoms with Crippen molar-refractivity contribution in [1.29, 1.82) is 0 Å². The van der Waals surface area contributed by atoms with E-state index in [-0.39, 0.29) is 0 Å². The average Bonchev–Trinajstić information content (AvgIpc) is 3.30. The van der Waals surface area contributed by atoms with Gasteiger partial charge < -0.3 is 9.73 Å². The number of hydrogen-bond acceptors (Lipinski definition) is 3. The van der Waals surface area contributed by atoms with Crippen molar-refractivity contribution < 1.29 is 4.42 Å². The predicted octanol–water partition coefficient (Wildman–Crippen LogP) is 3.71. The number of hydrogen-bond donors (Lipinski definition) is 1. The lowest BCUT2D eigenvalue weighted by Gasteiger charge is -2.21. The Morgan fingerprint density at radius 1 is 1.29 bits per heavy atom. The van der Waals surface area contributed by atoms with E-state index in [1.165, 1.54) is 37.8 Å². The van der Waals surface area contributed by atoms with Gasteiger partial charge in [-0.05, 0) is 57.1 Å². The van der Waals surface area contributed by atoms with Gasteiger partial charge in [0.25, 0.3) is 0 Å². The van der Waals surface area contributed by atoms with Gasteiger partial charge in [-0.3, -0.25) is 4.90 Å². The fourth-order valence-corrected chi connectivity index (χ4v) is 2.95. The number of furan rings is 1. The first kappa shape index (κ1) is 15.1. The fourth-order valence-electron chi connectivity index (χ4n) is 2.95. The summed E-state index contributed by atoms with van der Waals surface area (Å²) in [4.78, 5) is 2.70. The minimum Gasteiger partial charge on any atom is -0.465 e. The number of aryl methyl sites for hydroxylation is 1. The zero-order chi connectivity index (χ0) is 14.8. The van der Waals surface area contributed by atoms with E-state index in [2.05, 4.69) is 37.1 Å². The average molecular weight is 290 g/mol. The Kier molecular flexibility index (Phi) is 4.70. The van der Waals surface area contributed by atoms with E-state index in [0.29, 0.717) is 5.92 Å². The summed E-state index contributed by atoms with van der Waals surface area (Å²) >= 11 is 0. The van der Waals surface area contributed by atoms with Crippen LogP contribution in [-0.4, -0.2) is 24.0 Å². The maximum Gasteiger partial charge on any atom is 0.118 e. The fraction of sp³-hybridized carbons (Fsp3) is 0.778. The minimum absolute atomic E-state index is 0.685. The van der Waals surface area contributed by atoms with Crippen LogP contribution in [0.4, 0.5) is 0 Å². The molecule has 3 rings (SSSR count). The lowest BCUT2D eigenvalue weighted by Crippen LogP contribution is -2.27. The number of nitrogens with one attached hydrogen (secondary N) is 1. The molecular weight excluding hydrogens is 260 g/mol. The first-order valence-electron chi connectivity index (χ1n) is 8.64. The summed E-state index contributed by atoms with van der Waals surface area (Å²) in [5.74, 6) is 3.86. The number of nitrogens with zero attached hydrogens (tertiary/aromatic N) is 1. The molecule has 2 saturated carbocycles. The Morgan fingerprint density at radius 2 is 2.05 bits per heavy atom. The molecule has 0 aliphatic heterocycles. The maximum atomic E-state index is 5.93. The highest BCUT2D eigenvalue weighted by Crippen LogP contribution is 2.36. The summed E-state index contributed by atoms with van der Waals surface area (Å²) < 4.78 is 5.93. The standard InChI is InChI=1S/C18H30N2O/c1-13(2)9-19-10-18-8-16(14(3)21-18)12-20(17-6-7-17)11-15-4-5-15/h8,13,15,17,19H,4-7,9-12H2,1-3H3. The van der Waals surface area contributed by atoms with Gasteiger partial charge in [0.2, 0.25) is 0 Å². The summed E-state index contributed by atoms with van der Waals surface area (Å²) in [5.41, 5.74) is 1.39. The Morgan fingerprint density at radius 3 is 2.67 bits per heavy atom. The van der Waals surface area contributed by atoms with Crippen LogP contribution in [0.1, 0.15) is 56.6 Å².